The van der Waals surface area contributed by atoms with E-state index in [0.717, 1.165) is 12.6 Å². The summed E-state index contributed by atoms with van der Waals surface area (Å²) in [7, 11) is 0. The van der Waals surface area contributed by atoms with Gasteiger partial charge in [-0.05, 0) is 0 Å². The Morgan fingerprint density at radius 1 is 0.591 bits per heavy atom. The molecular formula is C20H19PSe. The summed E-state index contributed by atoms with van der Waals surface area (Å²) in [6.07, 6.45) is 2.26. The molecule has 0 aromatic heterocycles. The first-order valence-corrected chi connectivity index (χ1v) is 11.7. The first-order valence-electron chi connectivity index (χ1n) is 7.53. The van der Waals surface area contributed by atoms with Gasteiger partial charge >= 0.3 is 140 Å². The fourth-order valence-corrected chi connectivity index (χ4v) is 7.48. The molecule has 0 fully saturated rings. The van der Waals surface area contributed by atoms with E-state index >= 15 is 0 Å². The molecule has 0 amide bonds. The zero-order chi connectivity index (χ0) is 15.3. The van der Waals surface area contributed by atoms with Crippen LogP contribution in [0.25, 0.3) is 0 Å². The van der Waals surface area contributed by atoms with Crippen LogP contribution in [0.15, 0.2) is 91.0 Å². The number of hydrogen-bond donors (Lipinski definition) is 0. The normalized spacial score (nSPS) is 11.3. The molecule has 0 nitrogen and oxygen atoms in total. The minimum absolute atomic E-state index is 1.10. The van der Waals surface area contributed by atoms with Crippen LogP contribution in [0.1, 0.15) is 5.56 Å². The molecule has 0 bridgehead atoms. The van der Waals surface area contributed by atoms with Crippen molar-refractivity contribution in [2.75, 3.05) is 6.16 Å². The molecule has 3 aromatic carbocycles. The Kier molecular flexibility index (Phi) is 5.11. The summed E-state index contributed by atoms with van der Waals surface area (Å²) in [6, 6.07) is 32.6. The topological polar surface area (TPSA) is 0 Å². The van der Waals surface area contributed by atoms with Crippen LogP contribution in [0.4, 0.5) is 0 Å². The summed E-state index contributed by atoms with van der Waals surface area (Å²) in [5.74, 6) is 0. The van der Waals surface area contributed by atoms with Crippen molar-refractivity contribution in [1.82, 2.24) is 0 Å². The Bertz CT molecular complexity index is 708. The van der Waals surface area contributed by atoms with E-state index in [4.69, 9.17) is 0 Å². The Balaban J connectivity index is 1.95. The molecule has 110 valence electrons. The van der Waals surface area contributed by atoms with Crippen molar-refractivity contribution >= 4 is 31.2 Å². The van der Waals surface area contributed by atoms with Crippen molar-refractivity contribution in [2.45, 2.75) is 6.42 Å². The molecule has 0 N–H and O–H groups in total. The second kappa shape index (κ2) is 7.25. The first-order chi connectivity index (χ1) is 10.8. The molecule has 0 unspecified atom stereocenters. The summed E-state index contributed by atoms with van der Waals surface area (Å²) in [5.41, 5.74) is -0.0534. The number of rotatable bonds is 5. The van der Waals surface area contributed by atoms with Gasteiger partial charge in [0.25, 0.3) is 0 Å². The molecule has 0 saturated carbocycles. The van der Waals surface area contributed by atoms with Gasteiger partial charge in [0.2, 0.25) is 0 Å². The van der Waals surface area contributed by atoms with E-state index < -0.39 is 5.51 Å². The van der Waals surface area contributed by atoms with E-state index in [1.807, 2.05) is 0 Å². The van der Waals surface area contributed by atoms with Crippen LogP contribution in [0, 0.1) is 0 Å². The molecule has 3 rings (SSSR count). The summed E-state index contributed by atoms with van der Waals surface area (Å²) < 4.78 is 0. The first kappa shape index (κ1) is 15.5. The van der Waals surface area contributed by atoms with Crippen LogP contribution >= 0.6 is 5.51 Å². The fourth-order valence-electron chi connectivity index (χ4n) is 2.68. The van der Waals surface area contributed by atoms with Crippen molar-refractivity contribution in [2.24, 2.45) is 0 Å². The average molecular weight is 369 g/mol. The van der Waals surface area contributed by atoms with E-state index in [0.29, 0.717) is 0 Å². The molecule has 0 spiro atoms. The summed E-state index contributed by atoms with van der Waals surface area (Å²) in [6.45, 7) is 0. The van der Waals surface area contributed by atoms with Crippen LogP contribution in [0.5, 0.6) is 0 Å². The predicted molar refractivity (Wildman–Crippen MR) is 99.8 cm³/mol. The van der Waals surface area contributed by atoms with Gasteiger partial charge in [-0.3, -0.25) is 0 Å². The molecule has 0 aliphatic carbocycles. The van der Waals surface area contributed by atoms with Crippen LogP contribution in [-0.4, -0.2) is 21.3 Å². The SMILES string of the molecule is [Se]=P(CCc1ccccc1)(c1ccccc1)c1ccccc1. The average Bonchev–Trinajstić information content (AvgIpc) is 2.62. The van der Waals surface area contributed by atoms with Crippen LogP contribution in [0.2, 0.25) is 0 Å². The van der Waals surface area contributed by atoms with Gasteiger partial charge in [0.1, 0.15) is 0 Å². The van der Waals surface area contributed by atoms with E-state index in [2.05, 4.69) is 106 Å². The second-order valence-electron chi connectivity index (χ2n) is 5.37. The third kappa shape index (κ3) is 3.50. The number of hydrogen-bond acceptors (Lipinski definition) is 0. The van der Waals surface area contributed by atoms with Crippen molar-refractivity contribution < 1.29 is 0 Å². The quantitative estimate of drug-likeness (QED) is 0.471. The standard InChI is InChI=1S/C20H19PSe/c22-21(19-12-6-2-7-13-19,20-14-8-3-9-15-20)17-16-18-10-4-1-5-11-18/h1-15H,16-17H2. The zero-order valence-corrected chi connectivity index (χ0v) is 15.0. The predicted octanol–water partition coefficient (Wildman–Crippen LogP) is 3.98. The van der Waals surface area contributed by atoms with Crippen molar-refractivity contribution in [3.8, 4) is 0 Å². The van der Waals surface area contributed by atoms with Crippen LogP contribution in [0.3, 0.4) is 0 Å². The fraction of sp³-hybridized carbons (Fsp3) is 0.100. The van der Waals surface area contributed by atoms with Crippen molar-refractivity contribution in [3.05, 3.63) is 96.6 Å². The van der Waals surface area contributed by atoms with Crippen molar-refractivity contribution in [1.29, 1.82) is 0 Å². The molecule has 0 heterocycles. The molecule has 0 aliphatic rings. The van der Waals surface area contributed by atoms with Gasteiger partial charge in [0.05, 0.1) is 0 Å². The van der Waals surface area contributed by atoms with Gasteiger partial charge in [0, 0.05) is 0 Å². The van der Waals surface area contributed by atoms with E-state index in [9.17, 15) is 0 Å². The number of aryl methyl sites for hydroxylation is 1. The van der Waals surface area contributed by atoms with Gasteiger partial charge in [-0.15, -0.1) is 0 Å². The Hall–Kier alpha value is -1.39. The minimum atomic E-state index is -1.46. The van der Waals surface area contributed by atoms with Gasteiger partial charge < -0.3 is 0 Å². The van der Waals surface area contributed by atoms with E-state index in [1.165, 1.54) is 16.2 Å². The van der Waals surface area contributed by atoms with E-state index in [1.54, 1.807) is 0 Å². The summed E-state index contributed by atoms with van der Waals surface area (Å²) >= 11 is 3.60. The monoisotopic (exact) mass is 370 g/mol. The molecule has 3 aromatic rings. The molecule has 22 heavy (non-hydrogen) atoms. The van der Waals surface area contributed by atoms with Crippen molar-refractivity contribution in [3.63, 3.8) is 0 Å². The molecular weight excluding hydrogens is 350 g/mol. The number of benzene rings is 3. The van der Waals surface area contributed by atoms with Crippen LogP contribution < -0.4 is 10.6 Å². The third-order valence-corrected chi connectivity index (χ3v) is 10.8. The van der Waals surface area contributed by atoms with E-state index in [-0.39, 0.29) is 0 Å². The molecule has 0 saturated heterocycles. The van der Waals surface area contributed by atoms with Gasteiger partial charge in [-0.25, -0.2) is 0 Å². The Labute approximate surface area is 140 Å². The Morgan fingerprint density at radius 2 is 1.00 bits per heavy atom. The summed E-state index contributed by atoms with van der Waals surface area (Å²) in [5, 5.41) is 2.88. The van der Waals surface area contributed by atoms with Gasteiger partial charge in [-0.1, -0.05) is 0 Å². The third-order valence-electron chi connectivity index (χ3n) is 3.90. The maximum absolute atomic E-state index is 3.60. The molecule has 0 radical (unpaired) electrons. The molecule has 0 aliphatic heterocycles. The molecule has 0 atom stereocenters. The molecule has 2 heteroatoms. The maximum atomic E-state index is 3.60. The summed E-state index contributed by atoms with van der Waals surface area (Å²) in [4.78, 5) is 0. The Morgan fingerprint density at radius 3 is 1.45 bits per heavy atom. The van der Waals surface area contributed by atoms with Gasteiger partial charge in [0.15, 0.2) is 0 Å². The second-order valence-corrected chi connectivity index (χ2v) is 12.3. The van der Waals surface area contributed by atoms with Gasteiger partial charge in [-0.2, -0.15) is 0 Å². The zero-order valence-electron chi connectivity index (χ0n) is 12.4. The van der Waals surface area contributed by atoms with Crippen LogP contribution in [-0.2, 0) is 6.42 Å².